The molecule has 0 unspecified atom stereocenters. The van der Waals surface area contributed by atoms with Gasteiger partial charge in [0.2, 0.25) is 10.0 Å². The van der Waals surface area contributed by atoms with Gasteiger partial charge in [-0.05, 0) is 43.9 Å². The molecule has 19 heavy (non-hydrogen) atoms. The first-order chi connectivity index (χ1) is 8.87. The highest BCUT2D eigenvalue weighted by Crippen LogP contribution is 2.35. The summed E-state index contributed by atoms with van der Waals surface area (Å²) < 4.78 is 27.9. The molecule has 0 spiro atoms. The van der Waals surface area contributed by atoms with Crippen LogP contribution in [0, 0.1) is 6.92 Å². The van der Waals surface area contributed by atoms with Gasteiger partial charge in [-0.3, -0.25) is 0 Å². The highest BCUT2D eigenvalue weighted by molar-refractivity contribution is 9.10. The number of rotatable bonds is 5. The van der Waals surface area contributed by atoms with Crippen molar-refractivity contribution < 1.29 is 8.42 Å². The molecule has 0 bridgehead atoms. The molecule has 2 rings (SSSR count). The van der Waals surface area contributed by atoms with Crippen molar-refractivity contribution in [2.75, 3.05) is 12.3 Å². The monoisotopic (exact) mass is 346 g/mol. The summed E-state index contributed by atoms with van der Waals surface area (Å²) in [5.74, 6) is 0. The van der Waals surface area contributed by atoms with Crippen LogP contribution < -0.4 is 5.73 Å². The lowest BCUT2D eigenvalue weighted by molar-refractivity contribution is 0.403. The fourth-order valence-corrected chi connectivity index (χ4v) is 4.84. The van der Waals surface area contributed by atoms with Crippen LogP contribution in [0.25, 0.3) is 0 Å². The second-order valence-corrected chi connectivity index (χ2v) is 7.74. The molecule has 4 nitrogen and oxygen atoms in total. The molecule has 1 aliphatic carbocycles. The van der Waals surface area contributed by atoms with Gasteiger partial charge in [-0.2, -0.15) is 4.31 Å². The largest absolute Gasteiger partial charge is 0.398 e. The standard InChI is InChI=1S/C13H19BrN2O2S/c1-3-6-16(11-4-5-11)19(17,18)13-8-10(14)7-12(15)9(13)2/h7-8,11H,3-6,15H2,1-2H3. The smallest absolute Gasteiger partial charge is 0.243 e. The third-order valence-electron chi connectivity index (χ3n) is 3.35. The number of benzene rings is 1. The molecule has 106 valence electrons. The molecule has 0 aliphatic heterocycles. The van der Waals surface area contributed by atoms with E-state index in [2.05, 4.69) is 15.9 Å². The van der Waals surface area contributed by atoms with Crippen LogP contribution in [0.1, 0.15) is 31.7 Å². The lowest BCUT2D eigenvalue weighted by Gasteiger charge is -2.23. The van der Waals surface area contributed by atoms with E-state index in [0.717, 1.165) is 19.3 Å². The van der Waals surface area contributed by atoms with Crippen molar-refractivity contribution in [1.29, 1.82) is 0 Å². The molecule has 0 heterocycles. The fourth-order valence-electron chi connectivity index (χ4n) is 2.15. The number of nitrogen functional groups attached to an aromatic ring is 1. The van der Waals surface area contributed by atoms with Crippen LogP contribution in [0.5, 0.6) is 0 Å². The zero-order chi connectivity index (χ0) is 14.2. The van der Waals surface area contributed by atoms with Crippen molar-refractivity contribution in [1.82, 2.24) is 4.31 Å². The second kappa shape index (κ2) is 5.42. The Balaban J connectivity index is 2.49. The Morgan fingerprint density at radius 3 is 2.58 bits per heavy atom. The van der Waals surface area contributed by atoms with E-state index in [1.807, 2.05) is 6.92 Å². The molecule has 1 aliphatic rings. The van der Waals surface area contributed by atoms with Crippen molar-refractivity contribution in [3.63, 3.8) is 0 Å². The van der Waals surface area contributed by atoms with E-state index in [1.165, 1.54) is 0 Å². The van der Waals surface area contributed by atoms with Crippen LogP contribution in [0.2, 0.25) is 0 Å². The van der Waals surface area contributed by atoms with Crippen molar-refractivity contribution in [3.05, 3.63) is 22.2 Å². The molecule has 0 atom stereocenters. The van der Waals surface area contributed by atoms with Gasteiger partial charge in [0.25, 0.3) is 0 Å². The lowest BCUT2D eigenvalue weighted by Crippen LogP contribution is -2.34. The molecule has 1 aromatic rings. The molecule has 1 aromatic carbocycles. The highest BCUT2D eigenvalue weighted by Gasteiger charge is 2.38. The van der Waals surface area contributed by atoms with E-state index in [-0.39, 0.29) is 6.04 Å². The van der Waals surface area contributed by atoms with E-state index in [1.54, 1.807) is 23.4 Å². The topological polar surface area (TPSA) is 63.4 Å². The summed E-state index contributed by atoms with van der Waals surface area (Å²) in [4.78, 5) is 0.319. The van der Waals surface area contributed by atoms with Crippen LogP contribution in [0.3, 0.4) is 0 Å². The number of anilines is 1. The first-order valence-corrected chi connectivity index (χ1v) is 8.68. The summed E-state index contributed by atoms with van der Waals surface area (Å²) in [5, 5.41) is 0. The Morgan fingerprint density at radius 2 is 2.05 bits per heavy atom. The number of nitrogens with zero attached hydrogens (tertiary/aromatic N) is 1. The van der Waals surface area contributed by atoms with Crippen LogP contribution in [-0.4, -0.2) is 25.3 Å². The summed E-state index contributed by atoms with van der Waals surface area (Å²) in [6.07, 6.45) is 2.74. The Morgan fingerprint density at radius 1 is 1.42 bits per heavy atom. The van der Waals surface area contributed by atoms with E-state index >= 15 is 0 Å². The van der Waals surface area contributed by atoms with E-state index in [9.17, 15) is 8.42 Å². The van der Waals surface area contributed by atoms with Gasteiger partial charge >= 0.3 is 0 Å². The van der Waals surface area contributed by atoms with Crippen LogP contribution in [0.4, 0.5) is 5.69 Å². The van der Waals surface area contributed by atoms with Gasteiger partial charge in [-0.25, -0.2) is 8.42 Å². The Labute approximate surface area is 123 Å². The first-order valence-electron chi connectivity index (χ1n) is 6.45. The van der Waals surface area contributed by atoms with Crippen LogP contribution in [0.15, 0.2) is 21.5 Å². The predicted molar refractivity (Wildman–Crippen MR) is 80.5 cm³/mol. The predicted octanol–water partition coefficient (Wildman–Crippen LogP) is 2.90. The molecule has 1 fully saturated rings. The maximum absolute atomic E-state index is 12.8. The highest BCUT2D eigenvalue weighted by atomic mass is 79.9. The molecule has 0 saturated heterocycles. The normalized spacial score (nSPS) is 16.0. The van der Waals surface area contributed by atoms with Gasteiger partial charge in [0, 0.05) is 22.7 Å². The number of sulfonamides is 1. The van der Waals surface area contributed by atoms with E-state index in [4.69, 9.17) is 5.73 Å². The van der Waals surface area contributed by atoms with Crippen molar-refractivity contribution in [3.8, 4) is 0 Å². The van der Waals surface area contributed by atoms with Gasteiger partial charge in [-0.1, -0.05) is 22.9 Å². The van der Waals surface area contributed by atoms with Crippen molar-refractivity contribution >= 4 is 31.6 Å². The summed E-state index contributed by atoms with van der Waals surface area (Å²) in [5.41, 5.74) is 7.00. The minimum absolute atomic E-state index is 0.171. The van der Waals surface area contributed by atoms with Gasteiger partial charge in [-0.15, -0.1) is 0 Å². The summed E-state index contributed by atoms with van der Waals surface area (Å²) in [7, 11) is -3.45. The molecule has 6 heteroatoms. The van der Waals surface area contributed by atoms with Gasteiger partial charge in [0.15, 0.2) is 0 Å². The maximum Gasteiger partial charge on any atom is 0.243 e. The van der Waals surface area contributed by atoms with Gasteiger partial charge in [0.05, 0.1) is 4.90 Å². The zero-order valence-corrected chi connectivity index (χ0v) is 13.6. The quantitative estimate of drug-likeness (QED) is 0.833. The Kier molecular flexibility index (Phi) is 4.23. The zero-order valence-electron chi connectivity index (χ0n) is 11.2. The lowest BCUT2D eigenvalue weighted by atomic mass is 10.2. The van der Waals surface area contributed by atoms with E-state index < -0.39 is 10.0 Å². The maximum atomic E-state index is 12.8. The second-order valence-electron chi connectivity index (χ2n) is 4.97. The molecule has 2 N–H and O–H groups in total. The first kappa shape index (κ1) is 14.8. The number of halogens is 1. The Bertz CT molecular complexity index is 583. The molecular weight excluding hydrogens is 328 g/mol. The van der Waals surface area contributed by atoms with Gasteiger partial charge < -0.3 is 5.73 Å². The van der Waals surface area contributed by atoms with Crippen LogP contribution in [-0.2, 0) is 10.0 Å². The van der Waals surface area contributed by atoms with Crippen molar-refractivity contribution in [2.24, 2.45) is 0 Å². The number of nitrogens with two attached hydrogens (primary N) is 1. The average Bonchev–Trinajstić information content (AvgIpc) is 3.14. The molecule has 1 saturated carbocycles. The summed E-state index contributed by atoms with van der Waals surface area (Å²) in [6, 6.07) is 3.55. The number of hydrogen-bond acceptors (Lipinski definition) is 3. The SMILES string of the molecule is CCCN(C1CC1)S(=O)(=O)c1cc(Br)cc(N)c1C. The fraction of sp³-hybridized carbons (Fsp3) is 0.538. The van der Waals surface area contributed by atoms with Gasteiger partial charge in [0.1, 0.15) is 0 Å². The molecule has 0 amide bonds. The minimum atomic E-state index is -3.45. The number of hydrogen-bond donors (Lipinski definition) is 1. The average molecular weight is 347 g/mol. The summed E-state index contributed by atoms with van der Waals surface area (Å²) in [6.45, 7) is 4.32. The van der Waals surface area contributed by atoms with E-state index in [0.29, 0.717) is 27.2 Å². The molecule has 0 aromatic heterocycles. The van der Waals surface area contributed by atoms with Crippen molar-refractivity contribution in [2.45, 2.75) is 44.0 Å². The Hall–Kier alpha value is -0.590. The minimum Gasteiger partial charge on any atom is -0.398 e. The summed E-state index contributed by atoms with van der Waals surface area (Å²) >= 11 is 3.32. The third-order valence-corrected chi connectivity index (χ3v) is 5.89. The molecular formula is C13H19BrN2O2S. The third kappa shape index (κ3) is 2.95. The molecule has 0 radical (unpaired) electrons. The van der Waals surface area contributed by atoms with Crippen LogP contribution >= 0.6 is 15.9 Å².